The monoisotopic (exact) mass is 216 g/mol. The molecule has 4 nitrogen and oxygen atoms in total. The van der Waals surface area contributed by atoms with Crippen LogP contribution < -0.4 is 5.32 Å². The van der Waals surface area contributed by atoms with Gasteiger partial charge in [-0.2, -0.15) is 0 Å². The molecule has 0 aliphatic heterocycles. The van der Waals surface area contributed by atoms with E-state index in [0.29, 0.717) is 13.1 Å². The molecule has 0 aromatic carbocycles. The van der Waals surface area contributed by atoms with E-state index in [9.17, 15) is 4.79 Å². The van der Waals surface area contributed by atoms with Crippen LogP contribution in [0.3, 0.4) is 0 Å². The number of aliphatic hydroxyl groups is 1. The van der Waals surface area contributed by atoms with Crippen LogP contribution in [0.2, 0.25) is 0 Å². The maximum atomic E-state index is 11.5. The minimum atomic E-state index is -0.0666. The minimum absolute atomic E-state index is 0.0249. The Labute approximate surface area is 92.7 Å². The predicted octanol–water partition coefficient (Wildman–Crippen LogP) is 1.59. The van der Waals surface area contributed by atoms with E-state index in [2.05, 4.69) is 12.2 Å². The van der Waals surface area contributed by atoms with Crippen molar-refractivity contribution in [3.63, 3.8) is 0 Å². The molecular weight excluding hydrogens is 192 g/mol. The molecule has 15 heavy (non-hydrogen) atoms. The van der Waals surface area contributed by atoms with Crippen molar-refractivity contribution in [3.8, 4) is 0 Å². The van der Waals surface area contributed by atoms with Gasteiger partial charge >= 0.3 is 6.03 Å². The average Bonchev–Trinajstić information content (AvgIpc) is 2.25. The van der Waals surface area contributed by atoms with E-state index in [4.69, 9.17) is 5.11 Å². The molecule has 0 radical (unpaired) electrons. The second-order valence-electron chi connectivity index (χ2n) is 3.60. The fraction of sp³-hybridized carbons (Fsp3) is 0.909. The minimum Gasteiger partial charge on any atom is -0.395 e. The summed E-state index contributed by atoms with van der Waals surface area (Å²) < 4.78 is 0. The van der Waals surface area contributed by atoms with Crippen molar-refractivity contribution >= 4 is 6.03 Å². The highest BCUT2D eigenvalue weighted by Gasteiger charge is 2.08. The zero-order chi connectivity index (χ0) is 11.5. The number of hydrogen-bond donors (Lipinski definition) is 2. The number of urea groups is 1. The normalized spacial score (nSPS) is 10.1. The predicted molar refractivity (Wildman–Crippen MR) is 61.9 cm³/mol. The third kappa shape index (κ3) is 7.19. The van der Waals surface area contributed by atoms with Gasteiger partial charge in [0.2, 0.25) is 0 Å². The van der Waals surface area contributed by atoms with Gasteiger partial charge in [-0.25, -0.2) is 4.79 Å². The third-order valence-electron chi connectivity index (χ3n) is 2.35. The van der Waals surface area contributed by atoms with Crippen LogP contribution in [0, 0.1) is 0 Å². The molecule has 2 N–H and O–H groups in total. The van der Waals surface area contributed by atoms with Crippen LogP contribution in [-0.4, -0.2) is 42.3 Å². The number of aliphatic hydroxyl groups excluding tert-OH is 1. The first-order valence-corrected chi connectivity index (χ1v) is 5.89. The third-order valence-corrected chi connectivity index (χ3v) is 2.35. The quantitative estimate of drug-likeness (QED) is 0.605. The summed E-state index contributed by atoms with van der Waals surface area (Å²) in [6.07, 6.45) is 4.64. The molecule has 0 rings (SSSR count). The lowest BCUT2D eigenvalue weighted by Crippen LogP contribution is -2.41. The van der Waals surface area contributed by atoms with Gasteiger partial charge in [0, 0.05) is 19.6 Å². The number of hydrogen-bond acceptors (Lipinski definition) is 2. The van der Waals surface area contributed by atoms with Crippen LogP contribution >= 0.6 is 0 Å². The van der Waals surface area contributed by atoms with Crippen LogP contribution in [0.15, 0.2) is 0 Å². The number of carbonyl (C=O) groups excluding carboxylic acids is 1. The molecule has 0 saturated carbocycles. The summed E-state index contributed by atoms with van der Waals surface area (Å²) in [6, 6.07) is -0.0666. The molecule has 0 atom stereocenters. The highest BCUT2D eigenvalue weighted by atomic mass is 16.3. The summed E-state index contributed by atoms with van der Waals surface area (Å²) in [5.41, 5.74) is 0. The first-order valence-electron chi connectivity index (χ1n) is 5.89. The Kier molecular flexibility index (Phi) is 9.27. The summed E-state index contributed by atoms with van der Waals surface area (Å²) in [5, 5.41) is 11.6. The molecule has 90 valence electrons. The van der Waals surface area contributed by atoms with E-state index >= 15 is 0 Å². The largest absolute Gasteiger partial charge is 0.395 e. The van der Waals surface area contributed by atoms with Gasteiger partial charge in [-0.15, -0.1) is 0 Å². The lowest BCUT2D eigenvalue weighted by atomic mass is 10.2. The number of rotatable bonds is 8. The molecule has 0 spiro atoms. The molecule has 0 aliphatic rings. The standard InChI is InChI=1S/C11H24N2O2/c1-3-5-6-7-8-12-11(15)13(4-2)9-10-14/h14H,3-10H2,1-2H3,(H,12,15). The van der Waals surface area contributed by atoms with Crippen LogP contribution in [0.4, 0.5) is 4.79 Å². The molecule has 0 unspecified atom stereocenters. The molecule has 0 heterocycles. The average molecular weight is 216 g/mol. The fourth-order valence-corrected chi connectivity index (χ4v) is 1.38. The topological polar surface area (TPSA) is 52.6 Å². The van der Waals surface area contributed by atoms with Gasteiger partial charge in [0.05, 0.1) is 6.61 Å². The second-order valence-corrected chi connectivity index (χ2v) is 3.60. The van der Waals surface area contributed by atoms with Crippen LogP contribution in [0.25, 0.3) is 0 Å². The van der Waals surface area contributed by atoms with E-state index in [1.807, 2.05) is 6.92 Å². The van der Waals surface area contributed by atoms with Gasteiger partial charge in [0.1, 0.15) is 0 Å². The lowest BCUT2D eigenvalue weighted by molar-refractivity contribution is 0.180. The first kappa shape index (κ1) is 14.2. The number of nitrogens with zero attached hydrogens (tertiary/aromatic N) is 1. The number of unbranched alkanes of at least 4 members (excludes halogenated alkanes) is 3. The smallest absolute Gasteiger partial charge is 0.317 e. The van der Waals surface area contributed by atoms with Crippen LogP contribution in [0.1, 0.15) is 39.5 Å². The van der Waals surface area contributed by atoms with Gasteiger partial charge in [-0.1, -0.05) is 26.2 Å². The summed E-state index contributed by atoms with van der Waals surface area (Å²) in [5.74, 6) is 0. The van der Waals surface area contributed by atoms with Crippen molar-refractivity contribution in [3.05, 3.63) is 0 Å². The van der Waals surface area contributed by atoms with Crippen LogP contribution in [-0.2, 0) is 0 Å². The van der Waals surface area contributed by atoms with Crippen molar-refractivity contribution in [1.29, 1.82) is 0 Å². The van der Waals surface area contributed by atoms with E-state index in [1.54, 1.807) is 4.90 Å². The van der Waals surface area contributed by atoms with E-state index in [1.165, 1.54) is 19.3 Å². The molecule has 0 fully saturated rings. The Hall–Kier alpha value is -0.770. The Morgan fingerprint density at radius 3 is 2.53 bits per heavy atom. The lowest BCUT2D eigenvalue weighted by Gasteiger charge is -2.20. The summed E-state index contributed by atoms with van der Waals surface area (Å²) >= 11 is 0. The Bertz CT molecular complexity index is 163. The van der Waals surface area contributed by atoms with E-state index in [0.717, 1.165) is 13.0 Å². The molecule has 2 amide bonds. The highest BCUT2D eigenvalue weighted by molar-refractivity contribution is 5.74. The van der Waals surface area contributed by atoms with Gasteiger partial charge in [-0.05, 0) is 13.3 Å². The zero-order valence-electron chi connectivity index (χ0n) is 9.96. The number of amides is 2. The van der Waals surface area contributed by atoms with Gasteiger partial charge < -0.3 is 15.3 Å². The first-order chi connectivity index (χ1) is 7.26. The summed E-state index contributed by atoms with van der Waals surface area (Å²) in [7, 11) is 0. The number of likely N-dealkylation sites (N-methyl/N-ethyl adjacent to an activating group) is 1. The molecule has 0 bridgehead atoms. The summed E-state index contributed by atoms with van der Waals surface area (Å²) in [4.78, 5) is 13.1. The number of nitrogens with one attached hydrogen (secondary N) is 1. The van der Waals surface area contributed by atoms with E-state index in [-0.39, 0.29) is 12.6 Å². The van der Waals surface area contributed by atoms with Crippen molar-refractivity contribution < 1.29 is 9.90 Å². The fourth-order valence-electron chi connectivity index (χ4n) is 1.38. The molecular formula is C11H24N2O2. The molecule has 0 saturated heterocycles. The molecule has 0 aromatic heterocycles. The maximum absolute atomic E-state index is 11.5. The van der Waals surface area contributed by atoms with Gasteiger partial charge in [-0.3, -0.25) is 0 Å². The zero-order valence-corrected chi connectivity index (χ0v) is 9.96. The number of carbonyl (C=O) groups is 1. The van der Waals surface area contributed by atoms with Gasteiger partial charge in [0.25, 0.3) is 0 Å². The van der Waals surface area contributed by atoms with Crippen molar-refractivity contribution in [2.24, 2.45) is 0 Å². The Morgan fingerprint density at radius 1 is 1.27 bits per heavy atom. The molecule has 4 heteroatoms. The van der Waals surface area contributed by atoms with Crippen molar-refractivity contribution in [2.75, 3.05) is 26.2 Å². The van der Waals surface area contributed by atoms with Gasteiger partial charge in [0.15, 0.2) is 0 Å². The second kappa shape index (κ2) is 9.77. The van der Waals surface area contributed by atoms with Crippen LogP contribution in [0.5, 0.6) is 0 Å². The van der Waals surface area contributed by atoms with Crippen molar-refractivity contribution in [1.82, 2.24) is 10.2 Å². The van der Waals surface area contributed by atoms with E-state index < -0.39 is 0 Å². The Morgan fingerprint density at radius 2 is 2.00 bits per heavy atom. The molecule has 0 aliphatic carbocycles. The molecule has 0 aromatic rings. The SMILES string of the molecule is CCCCCCNC(=O)N(CC)CCO. The Balaban J connectivity index is 3.53. The van der Waals surface area contributed by atoms with Crippen molar-refractivity contribution in [2.45, 2.75) is 39.5 Å². The summed E-state index contributed by atoms with van der Waals surface area (Å²) in [6.45, 7) is 5.89. The highest BCUT2D eigenvalue weighted by Crippen LogP contribution is 1.97. The maximum Gasteiger partial charge on any atom is 0.317 e.